The highest BCUT2D eigenvalue weighted by molar-refractivity contribution is 7.80. The fourth-order valence-corrected chi connectivity index (χ4v) is 4.83. The number of carbonyl (C=O) groups is 1. The molecule has 26 heavy (non-hydrogen) atoms. The molecule has 1 N–H and O–H groups in total. The van der Waals surface area contributed by atoms with Crippen molar-refractivity contribution in [3.05, 3.63) is 40.8 Å². The van der Waals surface area contributed by atoms with Crippen LogP contribution in [-0.4, -0.2) is 36.2 Å². The Morgan fingerprint density at radius 1 is 1.35 bits per heavy atom. The smallest absolute Gasteiger partial charge is 0.341 e. The summed E-state index contributed by atoms with van der Waals surface area (Å²) in [7, 11) is 1.42. The van der Waals surface area contributed by atoms with Crippen molar-refractivity contribution >= 4 is 39.6 Å². The molecule has 6 heteroatoms. The second-order valence-electron chi connectivity index (χ2n) is 6.72. The summed E-state index contributed by atoms with van der Waals surface area (Å²) in [5, 5.41) is 4.77. The molecule has 1 aliphatic rings. The number of anilines is 1. The highest BCUT2D eigenvalue weighted by Gasteiger charge is 2.26. The fourth-order valence-electron chi connectivity index (χ4n) is 3.43. The van der Waals surface area contributed by atoms with E-state index in [1.807, 2.05) is 37.3 Å². The topological polar surface area (TPSA) is 41.6 Å². The van der Waals surface area contributed by atoms with Crippen molar-refractivity contribution in [3.8, 4) is 11.1 Å². The van der Waals surface area contributed by atoms with Crippen LogP contribution in [0.5, 0.6) is 0 Å². The number of methoxy groups -OCH3 is 1. The van der Waals surface area contributed by atoms with Crippen LogP contribution in [0.15, 0.2) is 30.3 Å². The van der Waals surface area contributed by atoms with Crippen LogP contribution in [0.3, 0.4) is 0 Å². The molecule has 3 rings (SSSR count). The van der Waals surface area contributed by atoms with Crippen LogP contribution in [0, 0.1) is 12.8 Å². The molecule has 0 amide bonds. The Morgan fingerprint density at radius 3 is 2.73 bits per heavy atom. The maximum Gasteiger partial charge on any atom is 0.341 e. The number of piperidine rings is 1. The molecule has 4 nitrogen and oxygen atoms in total. The normalized spacial score (nSPS) is 17.0. The predicted octanol–water partition coefficient (Wildman–Crippen LogP) is 4.94. The summed E-state index contributed by atoms with van der Waals surface area (Å²) in [5.41, 5.74) is 2.49. The molecule has 0 aliphatic carbocycles. The van der Waals surface area contributed by atoms with E-state index in [0.717, 1.165) is 40.5 Å². The maximum absolute atomic E-state index is 12.5. The van der Waals surface area contributed by atoms with Crippen molar-refractivity contribution in [2.24, 2.45) is 5.92 Å². The number of rotatable bonds is 3. The van der Waals surface area contributed by atoms with Gasteiger partial charge in [0.25, 0.3) is 0 Å². The lowest BCUT2D eigenvalue weighted by Gasteiger charge is -2.33. The van der Waals surface area contributed by atoms with Crippen LogP contribution in [0.1, 0.15) is 35.0 Å². The number of thiocarbonyl (C=S) groups is 1. The van der Waals surface area contributed by atoms with Gasteiger partial charge in [-0.1, -0.05) is 37.3 Å². The zero-order valence-electron chi connectivity index (χ0n) is 15.4. The first-order chi connectivity index (χ1) is 12.5. The number of nitrogens with one attached hydrogen (secondary N) is 1. The molecule has 0 bridgehead atoms. The van der Waals surface area contributed by atoms with Crippen molar-refractivity contribution in [2.75, 3.05) is 25.5 Å². The summed E-state index contributed by atoms with van der Waals surface area (Å²) >= 11 is 7.18. The third kappa shape index (κ3) is 3.91. The zero-order valence-corrected chi connectivity index (χ0v) is 17.0. The van der Waals surface area contributed by atoms with Crippen LogP contribution < -0.4 is 5.32 Å². The standard InChI is InChI=1S/C20H24N2O2S2/c1-13-8-7-11-22(12-13)20(25)21-18-17(19(23)24-3)16(14(2)26-18)15-9-5-4-6-10-15/h4-6,9-10,13H,7-8,11-12H2,1-3H3,(H,21,25)/t13-/m0/s1. The molecule has 1 aromatic heterocycles. The molecule has 0 unspecified atom stereocenters. The lowest BCUT2D eigenvalue weighted by molar-refractivity contribution is 0.0603. The number of hydrogen-bond donors (Lipinski definition) is 1. The molecular formula is C20H24N2O2S2. The average molecular weight is 389 g/mol. The number of nitrogens with zero attached hydrogens (tertiary/aromatic N) is 1. The minimum Gasteiger partial charge on any atom is -0.465 e. The summed E-state index contributed by atoms with van der Waals surface area (Å²) in [6, 6.07) is 9.93. The van der Waals surface area contributed by atoms with Gasteiger partial charge in [-0.25, -0.2) is 4.79 Å². The predicted molar refractivity (Wildman–Crippen MR) is 112 cm³/mol. The molecule has 138 valence electrons. The monoisotopic (exact) mass is 388 g/mol. The summed E-state index contributed by atoms with van der Waals surface area (Å²) in [6.45, 7) is 6.18. The molecule has 0 radical (unpaired) electrons. The third-order valence-corrected chi connectivity index (χ3v) is 6.08. The van der Waals surface area contributed by atoms with E-state index in [2.05, 4.69) is 17.1 Å². The number of hydrogen-bond acceptors (Lipinski definition) is 4. The van der Waals surface area contributed by atoms with E-state index in [1.54, 1.807) is 11.3 Å². The van der Waals surface area contributed by atoms with Crippen molar-refractivity contribution in [3.63, 3.8) is 0 Å². The Bertz CT molecular complexity index is 802. The quantitative estimate of drug-likeness (QED) is 0.596. The van der Waals surface area contributed by atoms with E-state index in [0.29, 0.717) is 16.6 Å². The number of ether oxygens (including phenoxy) is 1. The van der Waals surface area contributed by atoms with Crippen LogP contribution >= 0.6 is 23.6 Å². The zero-order chi connectivity index (χ0) is 18.7. The summed E-state index contributed by atoms with van der Waals surface area (Å²) in [5.74, 6) is 0.291. The van der Waals surface area contributed by atoms with Crippen LogP contribution in [-0.2, 0) is 4.74 Å². The highest BCUT2D eigenvalue weighted by atomic mass is 32.1. The van der Waals surface area contributed by atoms with Gasteiger partial charge in [-0.3, -0.25) is 0 Å². The van der Waals surface area contributed by atoms with Gasteiger partial charge >= 0.3 is 5.97 Å². The van der Waals surface area contributed by atoms with Gasteiger partial charge in [0.05, 0.1) is 7.11 Å². The Hall–Kier alpha value is -1.92. The van der Waals surface area contributed by atoms with Gasteiger partial charge in [0.15, 0.2) is 5.11 Å². The Labute approximate surface area is 164 Å². The molecule has 1 aliphatic heterocycles. The molecule has 0 saturated carbocycles. The first-order valence-corrected chi connectivity index (χ1v) is 10.1. The van der Waals surface area contributed by atoms with E-state index >= 15 is 0 Å². The first kappa shape index (κ1) is 18.9. The summed E-state index contributed by atoms with van der Waals surface area (Å²) in [6.07, 6.45) is 2.38. The minimum atomic E-state index is -0.342. The van der Waals surface area contributed by atoms with Gasteiger partial charge in [-0.15, -0.1) is 11.3 Å². The van der Waals surface area contributed by atoms with Gasteiger partial charge in [0, 0.05) is 23.5 Å². The molecule has 2 heterocycles. The van der Waals surface area contributed by atoms with E-state index in [-0.39, 0.29) is 5.97 Å². The second-order valence-corrected chi connectivity index (χ2v) is 8.33. The lowest BCUT2D eigenvalue weighted by atomic mass is 10.0. The average Bonchev–Trinajstić information content (AvgIpc) is 2.97. The Balaban J connectivity index is 1.94. The number of esters is 1. The number of benzene rings is 1. The Kier molecular flexibility index (Phi) is 5.94. The minimum absolute atomic E-state index is 0.342. The van der Waals surface area contributed by atoms with E-state index in [9.17, 15) is 4.79 Å². The Morgan fingerprint density at radius 2 is 2.08 bits per heavy atom. The molecular weight excluding hydrogens is 364 g/mol. The van der Waals surface area contributed by atoms with Crippen LogP contribution in [0.2, 0.25) is 0 Å². The first-order valence-electron chi connectivity index (χ1n) is 8.84. The largest absolute Gasteiger partial charge is 0.465 e. The molecule has 1 aromatic carbocycles. The highest BCUT2D eigenvalue weighted by Crippen LogP contribution is 2.40. The van der Waals surface area contributed by atoms with E-state index in [4.69, 9.17) is 17.0 Å². The SMILES string of the molecule is COC(=O)c1c(NC(=S)N2CCC[C@H](C)C2)sc(C)c1-c1ccccc1. The molecule has 2 aromatic rings. The number of aryl methyl sites for hydroxylation is 1. The van der Waals surface area contributed by atoms with Gasteiger partial charge in [-0.05, 0) is 43.5 Å². The van der Waals surface area contributed by atoms with E-state index in [1.165, 1.54) is 13.5 Å². The maximum atomic E-state index is 12.5. The summed E-state index contributed by atoms with van der Waals surface area (Å²) < 4.78 is 5.07. The molecule has 0 spiro atoms. The number of likely N-dealkylation sites (tertiary alicyclic amines) is 1. The van der Waals surface area contributed by atoms with Gasteiger partial charge < -0.3 is 15.0 Å². The van der Waals surface area contributed by atoms with Crippen molar-refractivity contribution < 1.29 is 9.53 Å². The molecule has 1 atom stereocenters. The van der Waals surface area contributed by atoms with Crippen molar-refractivity contribution in [1.82, 2.24) is 4.90 Å². The van der Waals surface area contributed by atoms with Gasteiger partial charge in [0.1, 0.15) is 10.6 Å². The van der Waals surface area contributed by atoms with Crippen molar-refractivity contribution in [1.29, 1.82) is 0 Å². The molecule has 1 fully saturated rings. The van der Waals surface area contributed by atoms with Crippen molar-refractivity contribution in [2.45, 2.75) is 26.7 Å². The molecule has 1 saturated heterocycles. The number of thiophene rings is 1. The fraction of sp³-hybridized carbons (Fsp3) is 0.400. The number of carbonyl (C=O) groups excluding carboxylic acids is 1. The lowest BCUT2D eigenvalue weighted by Crippen LogP contribution is -2.41. The van der Waals surface area contributed by atoms with Gasteiger partial charge in [-0.2, -0.15) is 0 Å². The van der Waals surface area contributed by atoms with Crippen LogP contribution in [0.4, 0.5) is 5.00 Å². The second kappa shape index (κ2) is 8.18. The van der Waals surface area contributed by atoms with Gasteiger partial charge in [0.2, 0.25) is 0 Å². The van der Waals surface area contributed by atoms with Crippen LogP contribution in [0.25, 0.3) is 11.1 Å². The summed E-state index contributed by atoms with van der Waals surface area (Å²) in [4.78, 5) is 15.8. The third-order valence-electron chi connectivity index (χ3n) is 4.70. The van der Waals surface area contributed by atoms with E-state index < -0.39 is 0 Å².